The van der Waals surface area contributed by atoms with Gasteiger partial charge in [-0.3, -0.25) is 9.78 Å². The van der Waals surface area contributed by atoms with Gasteiger partial charge in [-0.1, -0.05) is 0 Å². The summed E-state index contributed by atoms with van der Waals surface area (Å²) in [7, 11) is 0. The quantitative estimate of drug-likeness (QED) is 0.567. The maximum absolute atomic E-state index is 13.3. The molecular weight excluding hydrogens is 403 g/mol. The molecule has 1 unspecified atom stereocenters. The molecule has 1 atom stereocenters. The Morgan fingerprint density at radius 2 is 2.19 bits per heavy atom. The Bertz CT molecular complexity index is 1100. The largest absolute Gasteiger partial charge is 0.490 e. The van der Waals surface area contributed by atoms with Gasteiger partial charge in [0, 0.05) is 36.9 Å². The molecular formula is C20H21FN8O2. The number of piperidine rings is 1. The van der Waals surface area contributed by atoms with Crippen LogP contribution in [0.2, 0.25) is 0 Å². The first kappa shape index (κ1) is 20.5. The molecule has 0 spiro atoms. The SMILES string of the molecule is FC1CCCN(c2nccn3ncnc23)C1.N#Cc1cncc2c1OCCN(C=O)C2. The van der Waals surface area contributed by atoms with Gasteiger partial charge in [0.25, 0.3) is 0 Å². The predicted octanol–water partition coefficient (Wildman–Crippen LogP) is 1.37. The van der Waals surface area contributed by atoms with Gasteiger partial charge in [0.15, 0.2) is 11.5 Å². The monoisotopic (exact) mass is 424 g/mol. The standard InChI is InChI=1S/C10H12FN5.C10H9N3O2/c11-8-2-1-4-15(6-8)9-10-13-7-14-16(10)5-3-12-9;11-3-8-4-12-5-9-6-13(7-14)1-2-15-10(8)9/h3,5,7-8H,1-2,4,6H2;4-5,7H,1-2,6H2. The van der Waals surface area contributed by atoms with Crippen molar-refractivity contribution in [1.82, 2.24) is 29.5 Å². The minimum atomic E-state index is -0.765. The molecule has 0 N–H and O–H groups in total. The van der Waals surface area contributed by atoms with E-state index >= 15 is 0 Å². The summed E-state index contributed by atoms with van der Waals surface area (Å²) in [6, 6.07) is 2.02. The number of hydrogen-bond donors (Lipinski definition) is 0. The number of carbonyl (C=O) groups is 1. The predicted molar refractivity (Wildman–Crippen MR) is 108 cm³/mol. The number of nitrogens with zero attached hydrogens (tertiary/aromatic N) is 8. The lowest BCUT2D eigenvalue weighted by atomic mass is 10.1. The summed E-state index contributed by atoms with van der Waals surface area (Å²) in [5, 5.41) is 12.9. The smallest absolute Gasteiger partial charge is 0.210 e. The molecule has 2 aliphatic heterocycles. The highest BCUT2D eigenvalue weighted by atomic mass is 19.1. The van der Waals surface area contributed by atoms with Crippen molar-refractivity contribution in [2.24, 2.45) is 0 Å². The van der Waals surface area contributed by atoms with Crippen molar-refractivity contribution in [2.75, 3.05) is 31.1 Å². The maximum atomic E-state index is 13.3. The lowest BCUT2D eigenvalue weighted by molar-refractivity contribution is -0.118. The summed E-state index contributed by atoms with van der Waals surface area (Å²) in [5.41, 5.74) is 1.88. The van der Waals surface area contributed by atoms with E-state index in [1.165, 1.54) is 12.5 Å². The van der Waals surface area contributed by atoms with Crippen molar-refractivity contribution in [3.63, 3.8) is 0 Å². The average molecular weight is 424 g/mol. The molecule has 3 aromatic heterocycles. The van der Waals surface area contributed by atoms with E-state index in [-0.39, 0.29) is 0 Å². The van der Waals surface area contributed by atoms with Crippen molar-refractivity contribution in [3.8, 4) is 11.8 Å². The minimum absolute atomic E-state index is 0.402. The number of carbonyl (C=O) groups excluding carboxylic acids is 1. The molecule has 5 rings (SSSR count). The normalized spacial score (nSPS) is 18.1. The molecule has 1 fully saturated rings. The highest BCUT2D eigenvalue weighted by Gasteiger charge is 2.22. The van der Waals surface area contributed by atoms with E-state index in [1.54, 1.807) is 28.0 Å². The molecule has 5 heterocycles. The Hall–Kier alpha value is -3.81. The van der Waals surface area contributed by atoms with E-state index in [9.17, 15) is 9.18 Å². The lowest BCUT2D eigenvalue weighted by Crippen LogP contribution is -2.37. The van der Waals surface area contributed by atoms with Gasteiger partial charge < -0.3 is 14.5 Å². The highest BCUT2D eigenvalue weighted by molar-refractivity contribution is 5.63. The van der Waals surface area contributed by atoms with Gasteiger partial charge in [0.1, 0.15) is 36.5 Å². The van der Waals surface area contributed by atoms with E-state index < -0.39 is 6.17 Å². The third-order valence-corrected chi connectivity index (χ3v) is 5.08. The molecule has 10 nitrogen and oxygen atoms in total. The van der Waals surface area contributed by atoms with E-state index in [1.807, 2.05) is 11.0 Å². The molecule has 0 aliphatic carbocycles. The molecule has 0 saturated carbocycles. The Kier molecular flexibility index (Phi) is 6.16. The molecule has 1 amide bonds. The third kappa shape index (κ3) is 4.53. The molecule has 2 aliphatic rings. The summed E-state index contributed by atoms with van der Waals surface area (Å²) in [5.74, 6) is 1.28. The second-order valence-corrected chi connectivity index (χ2v) is 7.18. The fourth-order valence-corrected chi connectivity index (χ4v) is 3.59. The number of amides is 1. The zero-order valence-electron chi connectivity index (χ0n) is 16.8. The molecule has 160 valence electrons. The van der Waals surface area contributed by atoms with Gasteiger partial charge in [-0.25, -0.2) is 18.9 Å². The van der Waals surface area contributed by atoms with Crippen molar-refractivity contribution in [2.45, 2.75) is 25.6 Å². The van der Waals surface area contributed by atoms with Crippen molar-refractivity contribution >= 4 is 17.9 Å². The number of hydrogen-bond acceptors (Lipinski definition) is 8. The van der Waals surface area contributed by atoms with E-state index in [0.717, 1.165) is 30.8 Å². The van der Waals surface area contributed by atoms with Gasteiger partial charge in [-0.05, 0) is 12.8 Å². The molecule has 1 saturated heterocycles. The van der Waals surface area contributed by atoms with Gasteiger partial charge in [0.05, 0.1) is 19.6 Å². The molecule has 0 bridgehead atoms. The van der Waals surface area contributed by atoms with Crippen LogP contribution in [-0.2, 0) is 11.3 Å². The zero-order valence-corrected chi connectivity index (χ0v) is 16.8. The van der Waals surface area contributed by atoms with Crippen LogP contribution in [0.15, 0.2) is 31.1 Å². The number of anilines is 1. The Labute approximate surface area is 177 Å². The van der Waals surface area contributed by atoms with Crippen LogP contribution in [-0.4, -0.2) is 68.3 Å². The number of alkyl halides is 1. The van der Waals surface area contributed by atoms with Crippen molar-refractivity contribution in [1.29, 1.82) is 5.26 Å². The Balaban J connectivity index is 0.000000150. The van der Waals surface area contributed by atoms with Crippen LogP contribution >= 0.6 is 0 Å². The minimum Gasteiger partial charge on any atom is -0.490 e. The third-order valence-electron chi connectivity index (χ3n) is 5.08. The second-order valence-electron chi connectivity index (χ2n) is 7.18. The first-order valence-corrected chi connectivity index (χ1v) is 9.92. The first-order chi connectivity index (χ1) is 15.2. The number of rotatable bonds is 2. The van der Waals surface area contributed by atoms with Gasteiger partial charge >= 0.3 is 0 Å². The van der Waals surface area contributed by atoms with Crippen LogP contribution < -0.4 is 9.64 Å². The Morgan fingerprint density at radius 1 is 1.29 bits per heavy atom. The average Bonchev–Trinajstić information content (AvgIpc) is 3.18. The van der Waals surface area contributed by atoms with Crippen LogP contribution in [0.25, 0.3) is 5.65 Å². The number of aromatic nitrogens is 5. The lowest BCUT2D eigenvalue weighted by Gasteiger charge is -2.29. The number of pyridine rings is 1. The number of ether oxygens (including phenoxy) is 1. The summed E-state index contributed by atoms with van der Waals surface area (Å²) < 4.78 is 20.4. The van der Waals surface area contributed by atoms with Gasteiger partial charge in [-0.2, -0.15) is 10.4 Å². The van der Waals surface area contributed by atoms with Crippen molar-refractivity contribution < 1.29 is 13.9 Å². The van der Waals surface area contributed by atoms with Crippen LogP contribution in [0.4, 0.5) is 10.2 Å². The number of fused-ring (bicyclic) bond motifs is 2. The van der Waals surface area contributed by atoms with Crippen LogP contribution in [0, 0.1) is 11.3 Å². The molecule has 0 radical (unpaired) electrons. The number of nitriles is 1. The maximum Gasteiger partial charge on any atom is 0.210 e. The summed E-state index contributed by atoms with van der Waals surface area (Å²) in [6.07, 6.45) is 9.49. The van der Waals surface area contributed by atoms with E-state index in [0.29, 0.717) is 49.6 Å². The van der Waals surface area contributed by atoms with Gasteiger partial charge in [0.2, 0.25) is 6.41 Å². The summed E-state index contributed by atoms with van der Waals surface area (Å²) in [4.78, 5) is 26.5. The summed E-state index contributed by atoms with van der Waals surface area (Å²) in [6.45, 7) is 2.62. The zero-order chi connectivity index (χ0) is 21.6. The summed E-state index contributed by atoms with van der Waals surface area (Å²) >= 11 is 0. The molecule has 3 aromatic rings. The van der Waals surface area contributed by atoms with E-state index in [4.69, 9.17) is 10.00 Å². The first-order valence-electron chi connectivity index (χ1n) is 9.92. The van der Waals surface area contributed by atoms with Crippen LogP contribution in [0.3, 0.4) is 0 Å². The van der Waals surface area contributed by atoms with Gasteiger partial charge in [-0.15, -0.1) is 0 Å². The fourth-order valence-electron chi connectivity index (χ4n) is 3.59. The highest BCUT2D eigenvalue weighted by Crippen LogP contribution is 2.25. The molecule has 31 heavy (non-hydrogen) atoms. The second kappa shape index (κ2) is 9.34. The molecule has 11 heteroatoms. The topological polar surface area (TPSA) is 113 Å². The molecule has 0 aromatic carbocycles. The van der Waals surface area contributed by atoms with E-state index in [2.05, 4.69) is 20.1 Å². The Morgan fingerprint density at radius 3 is 3.00 bits per heavy atom. The van der Waals surface area contributed by atoms with Crippen LogP contribution in [0.1, 0.15) is 24.0 Å². The number of halogens is 1. The fraction of sp³-hybridized carbons (Fsp3) is 0.400. The van der Waals surface area contributed by atoms with Crippen LogP contribution in [0.5, 0.6) is 5.75 Å². The van der Waals surface area contributed by atoms with Crippen molar-refractivity contribution in [3.05, 3.63) is 42.2 Å².